The molecule has 0 radical (unpaired) electrons. The molecule has 5 heteroatoms. The highest BCUT2D eigenvalue weighted by molar-refractivity contribution is 9.10. The summed E-state index contributed by atoms with van der Waals surface area (Å²) >= 11 is 4.34. The van der Waals surface area contributed by atoms with E-state index < -0.39 is 5.97 Å². The first kappa shape index (κ1) is 11.3. The molecule has 82 valence electrons. The molecule has 0 bridgehead atoms. The molecule has 0 saturated heterocycles. The van der Waals surface area contributed by atoms with Crippen LogP contribution in [-0.4, -0.2) is 11.1 Å². The molecule has 2 rings (SSSR count). The van der Waals surface area contributed by atoms with Gasteiger partial charge in [0.25, 0.3) is 0 Å². The van der Waals surface area contributed by atoms with Crippen LogP contribution >= 0.6 is 27.3 Å². The fourth-order valence-corrected chi connectivity index (χ4v) is 2.96. The zero-order valence-electron chi connectivity index (χ0n) is 7.91. The van der Waals surface area contributed by atoms with Crippen molar-refractivity contribution >= 4 is 33.2 Å². The van der Waals surface area contributed by atoms with Crippen molar-refractivity contribution in [1.82, 2.24) is 0 Å². The lowest BCUT2D eigenvalue weighted by Crippen LogP contribution is -1.91. The Balaban J connectivity index is 2.45. The van der Waals surface area contributed by atoms with Gasteiger partial charge in [-0.3, -0.25) is 0 Å². The smallest absolute Gasteiger partial charge is 0.347 e. The van der Waals surface area contributed by atoms with Crippen LogP contribution in [0.3, 0.4) is 0 Å². The van der Waals surface area contributed by atoms with Crippen molar-refractivity contribution in [1.29, 1.82) is 0 Å². The molecule has 0 atom stereocenters. The van der Waals surface area contributed by atoms with E-state index in [2.05, 4.69) is 15.9 Å². The summed E-state index contributed by atoms with van der Waals surface area (Å²) in [6.07, 6.45) is 0. The average Bonchev–Trinajstić information content (AvgIpc) is 2.61. The van der Waals surface area contributed by atoms with E-state index in [1.807, 2.05) is 0 Å². The van der Waals surface area contributed by atoms with Crippen molar-refractivity contribution in [2.45, 2.75) is 0 Å². The third kappa shape index (κ3) is 2.15. The lowest BCUT2D eigenvalue weighted by Gasteiger charge is -1.95. The number of aromatic carboxylic acids is 1. The molecule has 1 aromatic heterocycles. The molecule has 2 nitrogen and oxygen atoms in total. The van der Waals surface area contributed by atoms with Gasteiger partial charge >= 0.3 is 5.97 Å². The Kier molecular flexibility index (Phi) is 3.07. The highest BCUT2D eigenvalue weighted by atomic mass is 79.9. The molecule has 0 amide bonds. The number of carboxylic acid groups (broad SMARTS) is 1. The van der Waals surface area contributed by atoms with E-state index in [1.165, 1.54) is 12.1 Å². The molecular weight excluding hydrogens is 295 g/mol. The van der Waals surface area contributed by atoms with Crippen LogP contribution in [0.25, 0.3) is 10.4 Å². The van der Waals surface area contributed by atoms with Crippen LogP contribution in [0.2, 0.25) is 0 Å². The fourth-order valence-electron chi connectivity index (χ4n) is 1.27. The number of benzene rings is 1. The number of halogens is 2. The minimum absolute atomic E-state index is 0.249. The van der Waals surface area contributed by atoms with Gasteiger partial charge in [-0.05, 0) is 39.7 Å². The van der Waals surface area contributed by atoms with Gasteiger partial charge in [-0.2, -0.15) is 0 Å². The maximum absolute atomic E-state index is 12.7. The van der Waals surface area contributed by atoms with Crippen molar-refractivity contribution in [3.63, 3.8) is 0 Å². The van der Waals surface area contributed by atoms with Crippen LogP contribution in [0, 0.1) is 5.82 Å². The topological polar surface area (TPSA) is 37.3 Å². The maximum Gasteiger partial charge on any atom is 0.347 e. The molecule has 0 spiro atoms. The largest absolute Gasteiger partial charge is 0.477 e. The lowest BCUT2D eigenvalue weighted by atomic mass is 10.2. The van der Waals surface area contributed by atoms with E-state index in [1.54, 1.807) is 18.2 Å². The predicted octanol–water partition coefficient (Wildman–Crippen LogP) is 4.01. The number of hydrogen-bond donors (Lipinski definition) is 1. The Morgan fingerprint density at radius 2 is 1.94 bits per heavy atom. The van der Waals surface area contributed by atoms with Crippen molar-refractivity contribution in [2.75, 3.05) is 0 Å². The molecule has 16 heavy (non-hydrogen) atoms. The molecular formula is C11H6BrFO2S. The highest BCUT2D eigenvalue weighted by Crippen LogP contribution is 2.34. The molecule has 2 aromatic rings. The van der Waals surface area contributed by atoms with Crippen LogP contribution in [0.5, 0.6) is 0 Å². The van der Waals surface area contributed by atoms with Gasteiger partial charge in [0.2, 0.25) is 0 Å². The summed E-state index contributed by atoms with van der Waals surface area (Å²) in [4.78, 5) is 11.9. The first-order chi connectivity index (χ1) is 7.58. The summed E-state index contributed by atoms with van der Waals surface area (Å²) in [5.74, 6) is -1.27. The molecule has 0 aliphatic rings. The van der Waals surface area contributed by atoms with Gasteiger partial charge in [-0.1, -0.05) is 12.1 Å². The maximum atomic E-state index is 12.7. The monoisotopic (exact) mass is 300 g/mol. The van der Waals surface area contributed by atoms with Crippen molar-refractivity contribution in [3.8, 4) is 10.4 Å². The normalized spacial score (nSPS) is 10.4. The third-order valence-corrected chi connectivity index (χ3v) is 4.07. The molecule has 0 aliphatic heterocycles. The molecule has 0 unspecified atom stereocenters. The average molecular weight is 301 g/mol. The van der Waals surface area contributed by atoms with E-state index in [0.29, 0.717) is 4.47 Å². The van der Waals surface area contributed by atoms with Crippen LogP contribution in [0.15, 0.2) is 34.8 Å². The summed E-state index contributed by atoms with van der Waals surface area (Å²) < 4.78 is 13.3. The standard InChI is InChI=1S/C11H6BrFO2S/c12-8-5-9(16-10(8)11(14)15)6-1-3-7(13)4-2-6/h1-5H,(H,14,15). The van der Waals surface area contributed by atoms with E-state index in [0.717, 1.165) is 21.8 Å². The van der Waals surface area contributed by atoms with Gasteiger partial charge in [0.05, 0.1) is 0 Å². The van der Waals surface area contributed by atoms with Crippen molar-refractivity contribution < 1.29 is 14.3 Å². The third-order valence-electron chi connectivity index (χ3n) is 2.01. The summed E-state index contributed by atoms with van der Waals surface area (Å²) in [5, 5.41) is 8.89. The quantitative estimate of drug-likeness (QED) is 0.910. The number of thiophene rings is 1. The predicted molar refractivity (Wildman–Crippen MR) is 64.4 cm³/mol. The summed E-state index contributed by atoms with van der Waals surface area (Å²) in [5.41, 5.74) is 0.805. The van der Waals surface area contributed by atoms with E-state index in [9.17, 15) is 9.18 Å². The number of carboxylic acids is 1. The molecule has 0 saturated carbocycles. The Morgan fingerprint density at radius 3 is 2.44 bits per heavy atom. The van der Waals surface area contributed by atoms with Gasteiger partial charge in [0, 0.05) is 9.35 Å². The van der Waals surface area contributed by atoms with E-state index >= 15 is 0 Å². The van der Waals surface area contributed by atoms with Gasteiger partial charge < -0.3 is 5.11 Å². The number of carbonyl (C=O) groups is 1. The molecule has 0 aliphatic carbocycles. The van der Waals surface area contributed by atoms with Crippen LogP contribution < -0.4 is 0 Å². The zero-order chi connectivity index (χ0) is 11.7. The SMILES string of the molecule is O=C(O)c1sc(-c2ccc(F)cc2)cc1Br. The first-order valence-electron chi connectivity index (χ1n) is 4.36. The second kappa shape index (κ2) is 4.35. The zero-order valence-corrected chi connectivity index (χ0v) is 10.3. The minimum atomic E-state index is -0.967. The Labute approximate surface area is 103 Å². The first-order valence-corrected chi connectivity index (χ1v) is 5.97. The van der Waals surface area contributed by atoms with Crippen LogP contribution in [-0.2, 0) is 0 Å². The van der Waals surface area contributed by atoms with Crippen molar-refractivity contribution in [2.24, 2.45) is 0 Å². The van der Waals surface area contributed by atoms with Crippen LogP contribution in [0.4, 0.5) is 4.39 Å². The van der Waals surface area contributed by atoms with E-state index in [-0.39, 0.29) is 10.7 Å². The Morgan fingerprint density at radius 1 is 1.31 bits per heavy atom. The summed E-state index contributed by atoms with van der Waals surface area (Å²) in [7, 11) is 0. The second-order valence-corrected chi connectivity index (χ2v) is 5.01. The lowest BCUT2D eigenvalue weighted by molar-refractivity contribution is 0.0701. The van der Waals surface area contributed by atoms with Crippen molar-refractivity contribution in [3.05, 3.63) is 45.5 Å². The van der Waals surface area contributed by atoms with Gasteiger partial charge in [0.1, 0.15) is 10.7 Å². The molecule has 1 aromatic carbocycles. The van der Waals surface area contributed by atoms with E-state index in [4.69, 9.17) is 5.11 Å². The highest BCUT2D eigenvalue weighted by Gasteiger charge is 2.14. The Hall–Kier alpha value is -1.20. The molecule has 0 fully saturated rings. The summed E-state index contributed by atoms with van der Waals surface area (Å²) in [6, 6.07) is 7.67. The van der Waals surface area contributed by atoms with Gasteiger partial charge in [0.15, 0.2) is 0 Å². The Bertz CT molecular complexity index is 533. The second-order valence-electron chi connectivity index (χ2n) is 3.10. The van der Waals surface area contributed by atoms with Crippen LogP contribution in [0.1, 0.15) is 9.67 Å². The number of rotatable bonds is 2. The fraction of sp³-hybridized carbons (Fsp3) is 0. The minimum Gasteiger partial charge on any atom is -0.477 e. The number of hydrogen-bond acceptors (Lipinski definition) is 2. The summed E-state index contributed by atoms with van der Waals surface area (Å²) in [6.45, 7) is 0. The van der Waals surface area contributed by atoms with Gasteiger partial charge in [-0.25, -0.2) is 9.18 Å². The molecule has 1 heterocycles. The molecule has 1 N–H and O–H groups in total. The van der Waals surface area contributed by atoms with Gasteiger partial charge in [-0.15, -0.1) is 11.3 Å².